The number of rotatable bonds is 6. The molecule has 0 atom stereocenters. The first-order valence-electron chi connectivity index (χ1n) is 8.35. The molecule has 0 heterocycles. The molecule has 1 fully saturated rings. The molecule has 0 saturated heterocycles. The maximum Gasteiger partial charge on any atom is 0.0587 e. The molecule has 1 aromatic carbocycles. The number of aryl methyl sites for hydroxylation is 2. The minimum atomic E-state index is 0.318. The molecule has 2 nitrogen and oxygen atoms in total. The van der Waals surface area contributed by atoms with Gasteiger partial charge >= 0.3 is 0 Å². The van der Waals surface area contributed by atoms with Crippen molar-refractivity contribution in [2.45, 2.75) is 51.9 Å². The molecule has 1 saturated carbocycles. The summed E-state index contributed by atoms with van der Waals surface area (Å²) in [5, 5.41) is 3.62. The average Bonchev–Trinajstić information content (AvgIpc) is 2.49. The Kier molecular flexibility index (Phi) is 5.83. The maximum atomic E-state index is 5.16. The summed E-state index contributed by atoms with van der Waals surface area (Å²) in [5.74, 6) is 0.878. The topological polar surface area (TPSA) is 21.3 Å². The first-order chi connectivity index (χ1) is 10.1. The summed E-state index contributed by atoms with van der Waals surface area (Å²) in [4.78, 5) is 0. The number of ether oxygens (including phenoxy) is 1. The molecule has 0 spiro atoms. The van der Waals surface area contributed by atoms with Crippen LogP contribution >= 0.6 is 0 Å². The molecule has 0 amide bonds. The van der Waals surface area contributed by atoms with Crippen LogP contribution in [-0.2, 0) is 10.2 Å². The van der Waals surface area contributed by atoms with Crippen LogP contribution in [0.2, 0.25) is 0 Å². The lowest BCUT2D eigenvalue weighted by Crippen LogP contribution is -2.42. The van der Waals surface area contributed by atoms with E-state index in [1.54, 1.807) is 7.11 Å². The Morgan fingerprint density at radius 3 is 2.52 bits per heavy atom. The number of nitrogens with one attached hydrogen (secondary N) is 1. The van der Waals surface area contributed by atoms with Gasteiger partial charge in [0.1, 0.15) is 0 Å². The summed E-state index contributed by atoms with van der Waals surface area (Å²) in [6.45, 7) is 9.63. The van der Waals surface area contributed by atoms with Crippen molar-refractivity contribution in [3.8, 4) is 0 Å². The largest absolute Gasteiger partial charge is 0.383 e. The summed E-state index contributed by atoms with van der Waals surface area (Å²) < 4.78 is 5.16. The Morgan fingerprint density at radius 2 is 1.90 bits per heavy atom. The molecule has 0 radical (unpaired) electrons. The maximum absolute atomic E-state index is 5.16. The van der Waals surface area contributed by atoms with Gasteiger partial charge in [-0.3, -0.25) is 0 Å². The van der Waals surface area contributed by atoms with Gasteiger partial charge in [0.2, 0.25) is 0 Å². The fourth-order valence-corrected chi connectivity index (χ4v) is 3.46. The van der Waals surface area contributed by atoms with Gasteiger partial charge in [0.05, 0.1) is 6.61 Å². The third kappa shape index (κ3) is 4.08. The van der Waals surface area contributed by atoms with Gasteiger partial charge in [-0.05, 0) is 62.1 Å². The van der Waals surface area contributed by atoms with E-state index in [4.69, 9.17) is 4.74 Å². The fourth-order valence-electron chi connectivity index (χ4n) is 3.46. The first-order valence-corrected chi connectivity index (χ1v) is 8.35. The van der Waals surface area contributed by atoms with E-state index >= 15 is 0 Å². The SMILES string of the molecule is COCCNCC1(c2ccc(C)c(C)c2)CCC(C)CC1. The van der Waals surface area contributed by atoms with Crippen molar-refractivity contribution in [3.05, 3.63) is 34.9 Å². The second-order valence-corrected chi connectivity index (χ2v) is 6.93. The summed E-state index contributed by atoms with van der Waals surface area (Å²) in [6.07, 6.45) is 5.30. The van der Waals surface area contributed by atoms with Gasteiger partial charge in [0.25, 0.3) is 0 Å². The Labute approximate surface area is 130 Å². The predicted octanol–water partition coefficient (Wildman–Crippen LogP) is 3.99. The summed E-state index contributed by atoms with van der Waals surface area (Å²) >= 11 is 0. The van der Waals surface area contributed by atoms with Crippen LogP contribution in [0.25, 0.3) is 0 Å². The van der Waals surface area contributed by atoms with Gasteiger partial charge in [-0.2, -0.15) is 0 Å². The molecule has 1 aliphatic carbocycles. The highest BCUT2D eigenvalue weighted by atomic mass is 16.5. The van der Waals surface area contributed by atoms with Crippen LogP contribution in [0.3, 0.4) is 0 Å². The molecule has 1 aromatic rings. The molecule has 118 valence electrons. The molecule has 0 aliphatic heterocycles. The normalized spacial score (nSPS) is 26.0. The quantitative estimate of drug-likeness (QED) is 0.800. The number of hydrogen-bond acceptors (Lipinski definition) is 2. The van der Waals surface area contributed by atoms with E-state index < -0.39 is 0 Å². The van der Waals surface area contributed by atoms with E-state index in [0.29, 0.717) is 5.41 Å². The molecule has 1 aliphatic rings. The fraction of sp³-hybridized carbons (Fsp3) is 0.684. The van der Waals surface area contributed by atoms with Gasteiger partial charge in [-0.15, -0.1) is 0 Å². The van der Waals surface area contributed by atoms with Crippen molar-refractivity contribution in [1.29, 1.82) is 0 Å². The van der Waals surface area contributed by atoms with Crippen LogP contribution < -0.4 is 5.32 Å². The van der Waals surface area contributed by atoms with Crippen LogP contribution in [0.5, 0.6) is 0 Å². The van der Waals surface area contributed by atoms with E-state index in [-0.39, 0.29) is 0 Å². The summed E-state index contributed by atoms with van der Waals surface area (Å²) in [6, 6.07) is 7.07. The van der Waals surface area contributed by atoms with Crippen LogP contribution in [0.4, 0.5) is 0 Å². The van der Waals surface area contributed by atoms with Crippen LogP contribution in [0.1, 0.15) is 49.3 Å². The van der Waals surface area contributed by atoms with E-state index in [0.717, 1.165) is 25.6 Å². The van der Waals surface area contributed by atoms with Gasteiger partial charge in [-0.25, -0.2) is 0 Å². The Balaban J connectivity index is 2.16. The highest BCUT2D eigenvalue weighted by Gasteiger charge is 2.35. The zero-order chi connectivity index (χ0) is 15.3. The van der Waals surface area contributed by atoms with Crippen LogP contribution in [0.15, 0.2) is 18.2 Å². The lowest BCUT2D eigenvalue weighted by atomic mass is 9.66. The van der Waals surface area contributed by atoms with Crippen molar-refractivity contribution in [1.82, 2.24) is 5.32 Å². The first kappa shape index (κ1) is 16.5. The van der Waals surface area contributed by atoms with Crippen molar-refractivity contribution in [2.75, 3.05) is 26.8 Å². The molecule has 2 heteroatoms. The van der Waals surface area contributed by atoms with Gasteiger partial charge in [0.15, 0.2) is 0 Å². The summed E-state index contributed by atoms with van der Waals surface area (Å²) in [7, 11) is 1.77. The Morgan fingerprint density at radius 1 is 1.19 bits per heavy atom. The highest BCUT2D eigenvalue weighted by Crippen LogP contribution is 2.41. The van der Waals surface area contributed by atoms with Crippen molar-refractivity contribution in [3.63, 3.8) is 0 Å². The standard InChI is InChI=1S/C19H31NO/c1-15-7-9-19(10-8-15,14-20-11-12-21-4)18-6-5-16(2)17(3)13-18/h5-6,13,15,20H,7-12,14H2,1-4H3. The molecule has 21 heavy (non-hydrogen) atoms. The second-order valence-electron chi connectivity index (χ2n) is 6.93. The van der Waals surface area contributed by atoms with Crippen LogP contribution in [0, 0.1) is 19.8 Å². The van der Waals surface area contributed by atoms with Crippen molar-refractivity contribution < 1.29 is 4.74 Å². The highest BCUT2D eigenvalue weighted by molar-refractivity contribution is 5.35. The van der Waals surface area contributed by atoms with Gasteiger partial charge < -0.3 is 10.1 Å². The minimum absolute atomic E-state index is 0.318. The van der Waals surface area contributed by atoms with E-state index in [9.17, 15) is 0 Å². The molecule has 0 unspecified atom stereocenters. The van der Waals surface area contributed by atoms with Gasteiger partial charge in [-0.1, -0.05) is 25.1 Å². The third-order valence-electron chi connectivity index (χ3n) is 5.30. The lowest BCUT2D eigenvalue weighted by molar-refractivity contribution is 0.187. The zero-order valence-electron chi connectivity index (χ0n) is 14.2. The second kappa shape index (κ2) is 7.42. The average molecular weight is 289 g/mol. The third-order valence-corrected chi connectivity index (χ3v) is 5.30. The number of hydrogen-bond donors (Lipinski definition) is 1. The number of methoxy groups -OCH3 is 1. The predicted molar refractivity (Wildman–Crippen MR) is 90.0 cm³/mol. The Bertz CT molecular complexity index is 447. The molecular formula is C19H31NO. The van der Waals surface area contributed by atoms with Crippen LogP contribution in [-0.4, -0.2) is 26.8 Å². The van der Waals surface area contributed by atoms with E-state index in [1.165, 1.54) is 42.4 Å². The van der Waals surface area contributed by atoms with E-state index in [2.05, 4.69) is 44.3 Å². The zero-order valence-corrected chi connectivity index (χ0v) is 14.2. The molecule has 0 bridgehead atoms. The van der Waals surface area contributed by atoms with Crippen molar-refractivity contribution >= 4 is 0 Å². The molecule has 2 rings (SSSR count). The Hall–Kier alpha value is -0.860. The molecule has 1 N–H and O–H groups in total. The molecule has 0 aromatic heterocycles. The lowest BCUT2D eigenvalue weighted by Gasteiger charge is -2.40. The number of benzene rings is 1. The summed E-state index contributed by atoms with van der Waals surface area (Å²) in [5.41, 5.74) is 4.66. The minimum Gasteiger partial charge on any atom is -0.383 e. The van der Waals surface area contributed by atoms with Crippen molar-refractivity contribution in [2.24, 2.45) is 5.92 Å². The van der Waals surface area contributed by atoms with Gasteiger partial charge in [0, 0.05) is 25.6 Å². The smallest absolute Gasteiger partial charge is 0.0587 e. The molecular weight excluding hydrogens is 258 g/mol. The monoisotopic (exact) mass is 289 g/mol. The van der Waals surface area contributed by atoms with E-state index in [1.807, 2.05) is 0 Å².